The zero-order chi connectivity index (χ0) is 11.1. The summed E-state index contributed by atoms with van der Waals surface area (Å²) >= 11 is 1.71. The third-order valence-electron chi connectivity index (χ3n) is 3.08. The molecule has 0 saturated carbocycles. The van der Waals surface area contributed by atoms with Crippen molar-refractivity contribution in [3.05, 3.63) is 0 Å². The molecule has 0 aromatic carbocycles. The van der Waals surface area contributed by atoms with Gasteiger partial charge in [-0.25, -0.2) is 0 Å². The molecule has 1 aliphatic rings. The highest BCUT2D eigenvalue weighted by Gasteiger charge is 2.33. The van der Waals surface area contributed by atoms with E-state index in [1.54, 1.807) is 18.9 Å². The lowest BCUT2D eigenvalue weighted by Crippen LogP contribution is -2.42. The van der Waals surface area contributed by atoms with Gasteiger partial charge in [0.15, 0.2) is 0 Å². The molecule has 0 spiro atoms. The highest BCUT2D eigenvalue weighted by atomic mass is 32.2. The smallest absolute Gasteiger partial charge is 0.104 e. The zero-order valence-corrected chi connectivity index (χ0v) is 10.5. The van der Waals surface area contributed by atoms with Crippen molar-refractivity contribution in [3.8, 4) is 6.07 Å². The van der Waals surface area contributed by atoms with Crippen molar-refractivity contribution in [2.45, 2.75) is 24.0 Å². The van der Waals surface area contributed by atoms with E-state index in [-0.39, 0.29) is 4.75 Å². The molecule has 0 amide bonds. The molecule has 0 aliphatic carbocycles. The van der Waals surface area contributed by atoms with Gasteiger partial charge in [0.05, 0.1) is 6.07 Å². The monoisotopic (exact) mass is 228 g/mol. The molecule has 4 heteroatoms. The molecular weight excluding hydrogens is 208 g/mol. The summed E-state index contributed by atoms with van der Waals surface area (Å²) in [4.78, 5) is 2.44. The second-order valence-corrected chi connectivity index (χ2v) is 5.19. The maximum atomic E-state index is 9.13. The van der Waals surface area contributed by atoms with Gasteiger partial charge in [0.2, 0.25) is 0 Å². The number of likely N-dealkylation sites (tertiary alicyclic amines) is 1. The molecule has 3 nitrogen and oxygen atoms in total. The predicted octanol–water partition coefficient (Wildman–Crippen LogP) is 1.74. The zero-order valence-electron chi connectivity index (χ0n) is 9.66. The number of thioether (sulfide) groups is 1. The fourth-order valence-electron chi connectivity index (χ4n) is 1.93. The Morgan fingerprint density at radius 2 is 2.13 bits per heavy atom. The van der Waals surface area contributed by atoms with Crippen molar-refractivity contribution in [2.75, 3.05) is 39.6 Å². The van der Waals surface area contributed by atoms with Crippen molar-refractivity contribution in [3.63, 3.8) is 0 Å². The molecule has 0 N–H and O–H groups in total. The number of nitrogens with zero attached hydrogens (tertiary/aromatic N) is 2. The predicted molar refractivity (Wildman–Crippen MR) is 64.0 cm³/mol. The van der Waals surface area contributed by atoms with Crippen LogP contribution in [0.5, 0.6) is 0 Å². The third kappa shape index (κ3) is 3.67. The minimum Gasteiger partial charge on any atom is -0.385 e. The Morgan fingerprint density at radius 1 is 1.47 bits per heavy atom. The molecule has 0 bridgehead atoms. The van der Waals surface area contributed by atoms with E-state index < -0.39 is 0 Å². The van der Waals surface area contributed by atoms with Crippen molar-refractivity contribution >= 4 is 11.8 Å². The highest BCUT2D eigenvalue weighted by Crippen LogP contribution is 2.33. The van der Waals surface area contributed by atoms with Gasteiger partial charge in [0.25, 0.3) is 0 Å². The maximum Gasteiger partial charge on any atom is 0.104 e. The van der Waals surface area contributed by atoms with Crippen molar-refractivity contribution in [1.82, 2.24) is 4.90 Å². The Bertz CT molecular complexity index is 219. The SMILES string of the molecule is COCCCN1CCC(C#N)(SC)CC1. The number of hydrogen-bond acceptors (Lipinski definition) is 4. The Hall–Kier alpha value is -0.240. The second-order valence-electron chi connectivity index (χ2n) is 4.00. The molecule has 0 atom stereocenters. The number of hydrogen-bond donors (Lipinski definition) is 0. The maximum absolute atomic E-state index is 9.13. The molecule has 1 saturated heterocycles. The van der Waals surface area contributed by atoms with Crippen molar-refractivity contribution in [2.24, 2.45) is 0 Å². The van der Waals surface area contributed by atoms with Crippen molar-refractivity contribution < 1.29 is 4.74 Å². The van der Waals surface area contributed by atoms with Crippen molar-refractivity contribution in [1.29, 1.82) is 5.26 Å². The first-order valence-electron chi connectivity index (χ1n) is 5.44. The van der Waals surface area contributed by atoms with Crippen LogP contribution in [0.4, 0.5) is 0 Å². The highest BCUT2D eigenvalue weighted by molar-refractivity contribution is 8.00. The number of nitriles is 1. The fourth-order valence-corrected chi connectivity index (χ4v) is 2.61. The van der Waals surface area contributed by atoms with E-state index in [0.29, 0.717) is 0 Å². The minimum atomic E-state index is -0.113. The summed E-state index contributed by atoms with van der Waals surface area (Å²) in [6.07, 6.45) is 5.13. The number of piperidine rings is 1. The Labute approximate surface area is 96.8 Å². The van der Waals surface area contributed by atoms with Crippen LogP contribution >= 0.6 is 11.8 Å². The molecule has 1 rings (SSSR count). The van der Waals surface area contributed by atoms with Gasteiger partial charge in [0.1, 0.15) is 4.75 Å². The first-order valence-corrected chi connectivity index (χ1v) is 6.66. The van der Waals surface area contributed by atoms with E-state index in [4.69, 9.17) is 10.00 Å². The lowest BCUT2D eigenvalue weighted by molar-refractivity contribution is 0.159. The van der Waals surface area contributed by atoms with Crippen LogP contribution in [-0.4, -0.2) is 49.3 Å². The molecule has 1 aliphatic heterocycles. The van der Waals surface area contributed by atoms with Crippen LogP contribution in [-0.2, 0) is 4.74 Å². The molecular formula is C11H20N2OS. The van der Waals surface area contributed by atoms with Crippen LogP contribution in [0, 0.1) is 11.3 Å². The van der Waals surface area contributed by atoms with Gasteiger partial charge in [0, 0.05) is 33.4 Å². The quantitative estimate of drug-likeness (QED) is 0.672. The van der Waals surface area contributed by atoms with Crippen LogP contribution < -0.4 is 0 Å². The summed E-state index contributed by atoms with van der Waals surface area (Å²) < 4.78 is 4.92. The van der Waals surface area contributed by atoms with Crippen LogP contribution in [0.2, 0.25) is 0 Å². The van der Waals surface area contributed by atoms with Gasteiger partial charge >= 0.3 is 0 Å². The Balaban J connectivity index is 2.26. The van der Waals surface area contributed by atoms with E-state index in [9.17, 15) is 0 Å². The van der Waals surface area contributed by atoms with Gasteiger partial charge in [-0.2, -0.15) is 5.26 Å². The molecule has 86 valence electrons. The van der Waals surface area contributed by atoms with Gasteiger partial charge in [-0.1, -0.05) is 0 Å². The molecule has 0 radical (unpaired) electrons. The van der Waals surface area contributed by atoms with Gasteiger partial charge in [-0.3, -0.25) is 0 Å². The summed E-state index contributed by atoms with van der Waals surface area (Å²) in [7, 11) is 1.74. The molecule has 0 aromatic rings. The second kappa shape index (κ2) is 6.37. The summed E-state index contributed by atoms with van der Waals surface area (Å²) in [5.41, 5.74) is 0. The van der Waals surface area contributed by atoms with E-state index in [2.05, 4.69) is 11.0 Å². The van der Waals surface area contributed by atoms with Crippen LogP contribution in [0.3, 0.4) is 0 Å². The summed E-state index contributed by atoms with van der Waals surface area (Å²) in [6.45, 7) is 4.04. The Kier molecular flexibility index (Phi) is 5.44. The third-order valence-corrected chi connectivity index (χ3v) is 4.36. The minimum absolute atomic E-state index is 0.113. The van der Waals surface area contributed by atoms with Crippen LogP contribution in [0.25, 0.3) is 0 Å². The van der Waals surface area contributed by atoms with Gasteiger partial charge in [-0.15, -0.1) is 11.8 Å². The normalized spacial score (nSPS) is 21.1. The van der Waals surface area contributed by atoms with E-state index in [1.807, 2.05) is 6.26 Å². The molecule has 0 unspecified atom stereocenters. The average molecular weight is 228 g/mol. The summed E-state index contributed by atoms with van der Waals surface area (Å²) in [5.74, 6) is 0. The fraction of sp³-hybridized carbons (Fsp3) is 0.909. The summed E-state index contributed by atoms with van der Waals surface area (Å²) in [6, 6.07) is 2.47. The molecule has 0 aromatic heterocycles. The first kappa shape index (κ1) is 12.8. The summed E-state index contributed by atoms with van der Waals surface area (Å²) in [5, 5.41) is 9.13. The largest absolute Gasteiger partial charge is 0.385 e. The lowest BCUT2D eigenvalue weighted by atomic mass is 9.97. The average Bonchev–Trinajstić information content (AvgIpc) is 2.31. The first-order chi connectivity index (χ1) is 7.26. The van der Waals surface area contributed by atoms with Crippen LogP contribution in [0.15, 0.2) is 0 Å². The topological polar surface area (TPSA) is 36.3 Å². The lowest BCUT2D eigenvalue weighted by Gasteiger charge is -2.36. The van der Waals surface area contributed by atoms with Crippen LogP contribution in [0.1, 0.15) is 19.3 Å². The standard InChI is InChI=1S/C11H20N2OS/c1-14-9-3-6-13-7-4-11(10-12,15-2)5-8-13/h3-9H2,1-2H3. The molecule has 15 heavy (non-hydrogen) atoms. The molecule has 1 fully saturated rings. The molecule has 1 heterocycles. The number of rotatable bonds is 5. The number of methoxy groups -OCH3 is 1. The van der Waals surface area contributed by atoms with E-state index in [1.165, 1.54) is 0 Å². The van der Waals surface area contributed by atoms with E-state index >= 15 is 0 Å². The van der Waals surface area contributed by atoms with E-state index in [0.717, 1.165) is 45.5 Å². The van der Waals surface area contributed by atoms with Gasteiger partial charge < -0.3 is 9.64 Å². The number of ether oxygens (including phenoxy) is 1. The Morgan fingerprint density at radius 3 is 2.60 bits per heavy atom. The van der Waals surface area contributed by atoms with Gasteiger partial charge in [-0.05, 0) is 25.5 Å².